The second kappa shape index (κ2) is 4.64. The van der Waals surface area contributed by atoms with Gasteiger partial charge in [0.25, 0.3) is 0 Å². The van der Waals surface area contributed by atoms with Gasteiger partial charge in [0.2, 0.25) is 4.96 Å². The molecule has 3 rings (SSSR count). The zero-order valence-electron chi connectivity index (χ0n) is 10.6. The number of aliphatic hydroxyl groups excluding tert-OH is 1. The Balaban J connectivity index is 2.27. The molecule has 0 bridgehead atoms. The number of hydrogen-bond donors (Lipinski definition) is 1. The molecule has 1 N–H and O–H groups in total. The summed E-state index contributed by atoms with van der Waals surface area (Å²) in [7, 11) is 1.62. The highest BCUT2D eigenvalue weighted by molar-refractivity contribution is 7.16. The first-order chi connectivity index (χ1) is 9.24. The molecule has 0 unspecified atom stereocenters. The van der Waals surface area contributed by atoms with Crippen LogP contribution in [-0.4, -0.2) is 26.8 Å². The van der Waals surface area contributed by atoms with Crippen LogP contribution in [0.15, 0.2) is 24.3 Å². The summed E-state index contributed by atoms with van der Waals surface area (Å²) < 4.78 is 7.04. The number of ether oxygens (including phenoxy) is 1. The molecule has 19 heavy (non-hydrogen) atoms. The van der Waals surface area contributed by atoms with Crippen molar-refractivity contribution in [2.45, 2.75) is 13.5 Å². The van der Waals surface area contributed by atoms with E-state index in [0.29, 0.717) is 5.69 Å². The number of hydrogen-bond acceptors (Lipinski definition) is 5. The first-order valence-corrected chi connectivity index (χ1v) is 6.65. The van der Waals surface area contributed by atoms with Gasteiger partial charge in [0.15, 0.2) is 0 Å². The fourth-order valence-electron chi connectivity index (χ4n) is 2.08. The summed E-state index contributed by atoms with van der Waals surface area (Å²) in [6.07, 6.45) is 0. The molecule has 3 aromatic rings. The molecule has 0 amide bonds. The lowest BCUT2D eigenvalue weighted by Crippen LogP contribution is -1.96. The van der Waals surface area contributed by atoms with Crippen LogP contribution >= 0.6 is 11.3 Å². The molecule has 0 saturated carbocycles. The Kier molecular flexibility index (Phi) is 2.96. The Morgan fingerprint density at radius 3 is 2.89 bits per heavy atom. The summed E-state index contributed by atoms with van der Waals surface area (Å²) >= 11 is 1.50. The molecule has 1 aromatic carbocycles. The van der Waals surface area contributed by atoms with Crippen molar-refractivity contribution in [1.82, 2.24) is 14.6 Å². The van der Waals surface area contributed by atoms with Gasteiger partial charge in [-0.1, -0.05) is 23.5 Å². The van der Waals surface area contributed by atoms with Gasteiger partial charge < -0.3 is 9.84 Å². The van der Waals surface area contributed by atoms with Gasteiger partial charge in [-0.2, -0.15) is 5.10 Å². The first kappa shape index (κ1) is 12.1. The van der Waals surface area contributed by atoms with Crippen molar-refractivity contribution < 1.29 is 9.84 Å². The van der Waals surface area contributed by atoms with E-state index >= 15 is 0 Å². The predicted octanol–water partition coefficient (Wildman–Crippen LogP) is 2.27. The van der Waals surface area contributed by atoms with Crippen molar-refractivity contribution in [3.05, 3.63) is 35.0 Å². The number of fused-ring (bicyclic) bond motifs is 1. The average Bonchev–Trinajstić information content (AvgIpc) is 2.94. The highest BCUT2D eigenvalue weighted by Crippen LogP contribution is 2.33. The van der Waals surface area contributed by atoms with Crippen LogP contribution < -0.4 is 4.74 Å². The Morgan fingerprint density at radius 1 is 1.37 bits per heavy atom. The molecule has 2 aromatic heterocycles. The van der Waals surface area contributed by atoms with Crippen molar-refractivity contribution in [2.24, 2.45) is 0 Å². The van der Waals surface area contributed by atoms with Crippen LogP contribution in [0.25, 0.3) is 16.2 Å². The number of aliphatic hydroxyl groups is 1. The van der Waals surface area contributed by atoms with Gasteiger partial charge in [0.05, 0.1) is 19.4 Å². The normalized spacial score (nSPS) is 11.1. The molecule has 0 aliphatic heterocycles. The molecule has 98 valence electrons. The average molecular weight is 275 g/mol. The largest absolute Gasteiger partial charge is 0.496 e. The minimum absolute atomic E-state index is 0.113. The number of aryl methyl sites for hydroxylation is 1. The maximum atomic E-state index is 9.60. The molecular formula is C13H13N3O2S. The zero-order valence-corrected chi connectivity index (χ0v) is 11.4. The lowest BCUT2D eigenvalue weighted by atomic mass is 10.1. The summed E-state index contributed by atoms with van der Waals surface area (Å²) in [5, 5.41) is 14.9. The van der Waals surface area contributed by atoms with Crippen molar-refractivity contribution in [3.63, 3.8) is 0 Å². The SMILES string of the molecule is COc1ccccc1-c1nc2sc(C)nn2c1CO. The number of nitrogens with zero attached hydrogens (tertiary/aromatic N) is 3. The molecule has 0 saturated heterocycles. The monoisotopic (exact) mass is 275 g/mol. The van der Waals surface area contributed by atoms with E-state index in [-0.39, 0.29) is 6.61 Å². The summed E-state index contributed by atoms with van der Waals surface area (Å²) in [6.45, 7) is 1.81. The molecule has 2 heterocycles. The summed E-state index contributed by atoms with van der Waals surface area (Å²) in [4.78, 5) is 5.34. The van der Waals surface area contributed by atoms with Gasteiger partial charge in [-0.05, 0) is 19.1 Å². The third-order valence-corrected chi connectivity index (χ3v) is 3.73. The van der Waals surface area contributed by atoms with Gasteiger partial charge in [-0.3, -0.25) is 0 Å². The molecular weight excluding hydrogens is 262 g/mol. The van der Waals surface area contributed by atoms with E-state index in [4.69, 9.17) is 4.74 Å². The zero-order chi connectivity index (χ0) is 13.4. The van der Waals surface area contributed by atoms with Crippen LogP contribution in [0.4, 0.5) is 0 Å². The molecule has 0 atom stereocenters. The highest BCUT2D eigenvalue weighted by Gasteiger charge is 2.18. The minimum Gasteiger partial charge on any atom is -0.496 e. The highest BCUT2D eigenvalue weighted by atomic mass is 32.1. The Labute approximate surface area is 114 Å². The standard InChI is InChI=1S/C13H13N3O2S/c1-8-15-16-10(7-17)12(14-13(16)19-8)9-5-3-4-6-11(9)18-2/h3-6,17H,7H2,1-2H3. The molecule has 0 radical (unpaired) electrons. The van der Waals surface area contributed by atoms with E-state index < -0.39 is 0 Å². The van der Waals surface area contributed by atoms with Crippen LogP contribution in [0, 0.1) is 6.92 Å². The van der Waals surface area contributed by atoms with Gasteiger partial charge in [0, 0.05) is 5.56 Å². The lowest BCUT2D eigenvalue weighted by molar-refractivity contribution is 0.275. The van der Waals surface area contributed by atoms with Crippen LogP contribution in [-0.2, 0) is 6.61 Å². The van der Waals surface area contributed by atoms with Crippen molar-refractivity contribution in [3.8, 4) is 17.0 Å². The van der Waals surface area contributed by atoms with Gasteiger partial charge in [-0.25, -0.2) is 9.50 Å². The minimum atomic E-state index is -0.113. The molecule has 0 aliphatic rings. The number of imidazole rings is 1. The van der Waals surface area contributed by atoms with Crippen LogP contribution in [0.2, 0.25) is 0 Å². The molecule has 0 fully saturated rings. The topological polar surface area (TPSA) is 59.7 Å². The number of aromatic nitrogens is 3. The van der Waals surface area contributed by atoms with Crippen LogP contribution in [0.1, 0.15) is 10.7 Å². The Bertz CT molecular complexity index is 733. The number of rotatable bonds is 3. The quantitative estimate of drug-likeness (QED) is 0.796. The van der Waals surface area contributed by atoms with E-state index in [0.717, 1.165) is 27.0 Å². The number of methoxy groups -OCH3 is 1. The van der Waals surface area contributed by atoms with E-state index in [2.05, 4.69) is 10.1 Å². The lowest BCUT2D eigenvalue weighted by Gasteiger charge is -2.06. The second-order valence-electron chi connectivity index (χ2n) is 4.08. The third kappa shape index (κ3) is 1.89. The summed E-state index contributed by atoms with van der Waals surface area (Å²) in [6, 6.07) is 7.63. The van der Waals surface area contributed by atoms with E-state index in [1.165, 1.54) is 11.3 Å². The van der Waals surface area contributed by atoms with E-state index in [9.17, 15) is 5.11 Å². The van der Waals surface area contributed by atoms with Gasteiger partial charge in [0.1, 0.15) is 16.5 Å². The van der Waals surface area contributed by atoms with E-state index in [1.54, 1.807) is 11.6 Å². The smallest absolute Gasteiger partial charge is 0.213 e. The maximum Gasteiger partial charge on any atom is 0.213 e. The third-order valence-electron chi connectivity index (χ3n) is 2.91. The molecule has 0 aliphatic carbocycles. The predicted molar refractivity (Wildman–Crippen MR) is 73.5 cm³/mol. The Hall–Kier alpha value is -1.92. The fraction of sp³-hybridized carbons (Fsp3) is 0.231. The summed E-state index contributed by atoms with van der Waals surface area (Å²) in [5.41, 5.74) is 2.27. The molecule has 0 spiro atoms. The van der Waals surface area contributed by atoms with Gasteiger partial charge in [-0.15, -0.1) is 0 Å². The van der Waals surface area contributed by atoms with Crippen molar-refractivity contribution in [2.75, 3.05) is 7.11 Å². The van der Waals surface area contributed by atoms with E-state index in [1.807, 2.05) is 31.2 Å². The first-order valence-electron chi connectivity index (χ1n) is 5.84. The fourth-order valence-corrected chi connectivity index (χ4v) is 2.84. The Morgan fingerprint density at radius 2 is 2.16 bits per heavy atom. The molecule has 5 nitrogen and oxygen atoms in total. The number of benzene rings is 1. The maximum absolute atomic E-state index is 9.60. The second-order valence-corrected chi connectivity index (χ2v) is 5.24. The molecule has 6 heteroatoms. The number of para-hydroxylation sites is 1. The van der Waals surface area contributed by atoms with Crippen molar-refractivity contribution in [1.29, 1.82) is 0 Å². The summed E-state index contributed by atoms with van der Waals surface area (Å²) in [5.74, 6) is 0.736. The van der Waals surface area contributed by atoms with Gasteiger partial charge >= 0.3 is 0 Å². The van der Waals surface area contributed by atoms with Crippen LogP contribution in [0.3, 0.4) is 0 Å². The van der Waals surface area contributed by atoms with Crippen molar-refractivity contribution >= 4 is 16.3 Å². The van der Waals surface area contributed by atoms with Crippen LogP contribution in [0.5, 0.6) is 5.75 Å².